The first-order chi connectivity index (χ1) is 13.2. The Kier molecular flexibility index (Phi) is 5.39. The summed E-state index contributed by atoms with van der Waals surface area (Å²) in [6, 6.07) is 16.2. The van der Waals surface area contributed by atoms with Crippen molar-refractivity contribution in [2.75, 3.05) is 13.2 Å². The minimum Gasteiger partial charge on any atom is -0.484 e. The summed E-state index contributed by atoms with van der Waals surface area (Å²) < 4.78 is 6.93. The third-order valence-corrected chi connectivity index (χ3v) is 6.25. The molecule has 1 aromatic heterocycles. The molecule has 1 fully saturated rings. The maximum absolute atomic E-state index is 12.9. The van der Waals surface area contributed by atoms with Crippen molar-refractivity contribution in [2.24, 2.45) is 0 Å². The van der Waals surface area contributed by atoms with E-state index in [2.05, 4.69) is 13.0 Å². The van der Waals surface area contributed by atoms with Gasteiger partial charge in [-0.1, -0.05) is 31.2 Å². The molecule has 1 saturated heterocycles. The van der Waals surface area contributed by atoms with Crippen LogP contribution in [0.1, 0.15) is 42.8 Å². The first-order valence-electron chi connectivity index (χ1n) is 9.61. The molecule has 1 atom stereocenters. The van der Waals surface area contributed by atoms with Gasteiger partial charge in [0.1, 0.15) is 10.8 Å². The maximum Gasteiger partial charge on any atom is 0.261 e. The molecule has 0 saturated carbocycles. The number of rotatable bonds is 5. The molecule has 140 valence electrons. The van der Waals surface area contributed by atoms with E-state index in [1.54, 1.807) is 11.3 Å². The van der Waals surface area contributed by atoms with Crippen LogP contribution in [0.4, 0.5) is 0 Å². The number of piperidine rings is 1. The lowest BCUT2D eigenvalue weighted by molar-refractivity contribution is -0.137. The van der Waals surface area contributed by atoms with Crippen molar-refractivity contribution in [2.45, 2.75) is 38.6 Å². The molecule has 0 spiro atoms. The number of nitrogens with zero attached hydrogens (tertiary/aromatic N) is 2. The minimum absolute atomic E-state index is 0.0403. The average molecular weight is 381 g/mol. The second-order valence-electron chi connectivity index (χ2n) is 6.90. The lowest BCUT2D eigenvalue weighted by Gasteiger charge is -2.34. The molecular weight excluding hydrogens is 356 g/mol. The van der Waals surface area contributed by atoms with Gasteiger partial charge in [-0.05, 0) is 55.5 Å². The Labute approximate surface area is 163 Å². The number of hydrogen-bond donors (Lipinski definition) is 0. The van der Waals surface area contributed by atoms with Gasteiger partial charge in [0.05, 0.1) is 16.3 Å². The molecule has 2 aromatic carbocycles. The Morgan fingerprint density at radius 2 is 2.00 bits per heavy atom. The van der Waals surface area contributed by atoms with Gasteiger partial charge in [0.25, 0.3) is 5.91 Å². The highest BCUT2D eigenvalue weighted by molar-refractivity contribution is 7.18. The van der Waals surface area contributed by atoms with Crippen LogP contribution in [0.5, 0.6) is 5.75 Å². The minimum atomic E-state index is 0.0403. The van der Waals surface area contributed by atoms with E-state index in [4.69, 9.17) is 9.72 Å². The van der Waals surface area contributed by atoms with Crippen LogP contribution < -0.4 is 4.74 Å². The van der Waals surface area contributed by atoms with Gasteiger partial charge in [0.15, 0.2) is 6.61 Å². The van der Waals surface area contributed by atoms with E-state index in [0.29, 0.717) is 0 Å². The molecule has 4 rings (SSSR count). The molecule has 4 nitrogen and oxygen atoms in total. The number of thiazole rings is 1. The smallest absolute Gasteiger partial charge is 0.261 e. The molecule has 0 bridgehead atoms. The Bertz CT molecular complexity index is 886. The van der Waals surface area contributed by atoms with Crippen molar-refractivity contribution < 1.29 is 9.53 Å². The van der Waals surface area contributed by atoms with E-state index in [-0.39, 0.29) is 18.6 Å². The highest BCUT2D eigenvalue weighted by atomic mass is 32.1. The summed E-state index contributed by atoms with van der Waals surface area (Å²) in [5, 5.41) is 1.04. The highest BCUT2D eigenvalue weighted by Crippen LogP contribution is 2.35. The Morgan fingerprint density at radius 1 is 1.19 bits per heavy atom. The maximum atomic E-state index is 12.9. The van der Waals surface area contributed by atoms with Crippen LogP contribution in [0, 0.1) is 0 Å². The molecule has 0 radical (unpaired) electrons. The van der Waals surface area contributed by atoms with Crippen molar-refractivity contribution in [3.8, 4) is 5.75 Å². The predicted molar refractivity (Wildman–Crippen MR) is 109 cm³/mol. The first kappa shape index (κ1) is 18.0. The number of aryl methyl sites for hydroxylation is 1. The van der Waals surface area contributed by atoms with Gasteiger partial charge in [0, 0.05) is 6.54 Å². The fourth-order valence-corrected chi connectivity index (χ4v) is 4.68. The van der Waals surface area contributed by atoms with Crippen LogP contribution >= 0.6 is 11.3 Å². The number of fused-ring (bicyclic) bond motifs is 1. The van der Waals surface area contributed by atoms with Crippen LogP contribution in [0.15, 0.2) is 48.5 Å². The van der Waals surface area contributed by atoms with Gasteiger partial charge in [-0.15, -0.1) is 11.3 Å². The zero-order valence-electron chi connectivity index (χ0n) is 15.6. The fourth-order valence-electron chi connectivity index (χ4n) is 3.57. The lowest BCUT2D eigenvalue weighted by atomic mass is 10.0. The Hall–Kier alpha value is -2.40. The number of aromatic nitrogens is 1. The summed E-state index contributed by atoms with van der Waals surface area (Å²) in [6.45, 7) is 2.97. The standard InChI is InChI=1S/C22H24N2O2S/c1-2-16-10-12-17(13-11-16)26-15-21(25)24-14-6-5-8-19(24)22-23-18-7-3-4-9-20(18)27-22/h3-4,7,9-13,19H,2,5-6,8,14-15H2,1H3. The number of amides is 1. The largest absolute Gasteiger partial charge is 0.484 e. The third-order valence-electron chi connectivity index (χ3n) is 5.11. The predicted octanol–water partition coefficient (Wildman–Crippen LogP) is 4.99. The molecule has 5 heteroatoms. The number of carbonyl (C=O) groups is 1. The SMILES string of the molecule is CCc1ccc(OCC(=O)N2CCCCC2c2nc3ccccc3s2)cc1. The normalized spacial score (nSPS) is 17.2. The summed E-state index contributed by atoms with van der Waals surface area (Å²) in [6.07, 6.45) is 4.13. The molecular formula is C22H24N2O2S. The van der Waals surface area contributed by atoms with Gasteiger partial charge in [-0.25, -0.2) is 4.98 Å². The number of para-hydroxylation sites is 1. The van der Waals surface area contributed by atoms with E-state index < -0.39 is 0 Å². The summed E-state index contributed by atoms with van der Waals surface area (Å²) in [4.78, 5) is 19.6. The molecule has 3 aromatic rings. The number of ether oxygens (including phenoxy) is 1. The molecule has 0 aliphatic carbocycles. The van der Waals surface area contributed by atoms with Crippen molar-refractivity contribution in [3.05, 3.63) is 59.1 Å². The van der Waals surface area contributed by atoms with Crippen LogP contribution in [0.3, 0.4) is 0 Å². The van der Waals surface area contributed by atoms with Crippen LogP contribution in [0.2, 0.25) is 0 Å². The molecule has 1 amide bonds. The van der Waals surface area contributed by atoms with E-state index in [9.17, 15) is 4.79 Å². The summed E-state index contributed by atoms with van der Waals surface area (Å²) in [5.74, 6) is 0.785. The van der Waals surface area contributed by atoms with Crippen molar-refractivity contribution in [1.82, 2.24) is 9.88 Å². The van der Waals surface area contributed by atoms with Crippen molar-refractivity contribution in [1.29, 1.82) is 0 Å². The van der Waals surface area contributed by atoms with E-state index in [0.717, 1.165) is 48.5 Å². The van der Waals surface area contributed by atoms with Crippen LogP contribution in [-0.4, -0.2) is 28.9 Å². The number of hydrogen-bond acceptors (Lipinski definition) is 4. The van der Waals surface area contributed by atoms with E-state index in [1.165, 1.54) is 10.3 Å². The van der Waals surface area contributed by atoms with Gasteiger partial charge in [-0.3, -0.25) is 4.79 Å². The quantitative estimate of drug-likeness (QED) is 0.626. The monoisotopic (exact) mass is 380 g/mol. The topological polar surface area (TPSA) is 42.4 Å². The highest BCUT2D eigenvalue weighted by Gasteiger charge is 2.30. The van der Waals surface area contributed by atoms with Crippen LogP contribution in [0.25, 0.3) is 10.2 Å². The van der Waals surface area contributed by atoms with Crippen molar-refractivity contribution >= 4 is 27.5 Å². The van der Waals surface area contributed by atoms with E-state index in [1.807, 2.05) is 47.4 Å². The van der Waals surface area contributed by atoms with Gasteiger partial charge in [-0.2, -0.15) is 0 Å². The van der Waals surface area contributed by atoms with Gasteiger partial charge < -0.3 is 9.64 Å². The van der Waals surface area contributed by atoms with Gasteiger partial charge in [0.2, 0.25) is 0 Å². The number of carbonyl (C=O) groups excluding carboxylic acids is 1. The molecule has 1 unspecified atom stereocenters. The summed E-state index contributed by atoms with van der Waals surface area (Å²) >= 11 is 1.70. The van der Waals surface area contributed by atoms with Crippen LogP contribution in [-0.2, 0) is 11.2 Å². The van der Waals surface area contributed by atoms with E-state index >= 15 is 0 Å². The molecule has 0 N–H and O–H groups in total. The number of likely N-dealkylation sites (tertiary alicyclic amines) is 1. The first-order valence-corrected chi connectivity index (χ1v) is 10.4. The Morgan fingerprint density at radius 3 is 2.78 bits per heavy atom. The van der Waals surface area contributed by atoms with Crippen molar-refractivity contribution in [3.63, 3.8) is 0 Å². The lowest BCUT2D eigenvalue weighted by Crippen LogP contribution is -2.41. The molecule has 1 aliphatic rings. The Balaban J connectivity index is 1.46. The number of benzene rings is 2. The molecule has 27 heavy (non-hydrogen) atoms. The molecule has 1 aliphatic heterocycles. The zero-order chi connectivity index (χ0) is 18.6. The zero-order valence-corrected chi connectivity index (χ0v) is 16.4. The van der Waals surface area contributed by atoms with Gasteiger partial charge >= 0.3 is 0 Å². The summed E-state index contributed by atoms with van der Waals surface area (Å²) in [5.41, 5.74) is 2.28. The third kappa shape index (κ3) is 3.98. The second-order valence-corrected chi connectivity index (χ2v) is 7.97. The summed E-state index contributed by atoms with van der Waals surface area (Å²) in [7, 11) is 0. The average Bonchev–Trinajstić information content (AvgIpc) is 3.16. The molecule has 2 heterocycles. The fraction of sp³-hybridized carbons (Fsp3) is 0.364. The second kappa shape index (κ2) is 8.09.